The number of ether oxygens (including phenoxy) is 1. The monoisotopic (exact) mass is 697 g/mol. The van der Waals surface area contributed by atoms with E-state index in [0.29, 0.717) is 0 Å². The fourth-order valence-corrected chi connectivity index (χ4v) is 2.91. The maximum Gasteiger partial charge on any atom is 0.460 e. The molecule has 44 heavy (non-hydrogen) atoms. The van der Waals surface area contributed by atoms with Crippen LogP contribution in [0.15, 0.2) is 24.5 Å². The van der Waals surface area contributed by atoms with E-state index >= 15 is 0 Å². The van der Waals surface area contributed by atoms with E-state index in [4.69, 9.17) is 0 Å². The molecule has 0 aliphatic carbocycles. The molecule has 1 aromatic heterocycles. The second kappa shape index (κ2) is 11.5. The molecule has 0 aliphatic heterocycles. The van der Waals surface area contributed by atoms with Gasteiger partial charge in [-0.05, 0) is 18.1 Å². The number of esters is 1. The summed E-state index contributed by atoms with van der Waals surface area (Å²) in [6.07, 6.45) is -9.65. The quantitative estimate of drug-likeness (QED) is 0.145. The van der Waals surface area contributed by atoms with E-state index in [0.717, 1.165) is 6.20 Å². The molecule has 0 aromatic carbocycles. The summed E-state index contributed by atoms with van der Waals surface area (Å²) in [5, 5.41) is 0. The lowest BCUT2D eigenvalue weighted by Crippen LogP contribution is -2.76. The maximum absolute atomic E-state index is 13.9. The fraction of sp³-hybridized carbons (Fsp3) is 0.700. The van der Waals surface area contributed by atoms with Crippen LogP contribution in [0.5, 0.6) is 0 Å². The Morgan fingerprint density at radius 3 is 1.34 bits per heavy atom. The predicted molar refractivity (Wildman–Crippen MR) is 98.7 cm³/mol. The van der Waals surface area contributed by atoms with Crippen molar-refractivity contribution in [2.75, 3.05) is 6.61 Å². The van der Waals surface area contributed by atoms with Crippen LogP contribution in [0.1, 0.15) is 18.4 Å². The lowest BCUT2D eigenvalue weighted by molar-refractivity contribution is -0.474. The van der Waals surface area contributed by atoms with E-state index in [2.05, 4.69) is 9.72 Å². The van der Waals surface area contributed by atoms with Crippen LogP contribution in [-0.4, -0.2) is 77.0 Å². The largest absolute Gasteiger partial charge is 0.465 e. The van der Waals surface area contributed by atoms with Crippen molar-refractivity contribution in [1.82, 2.24) is 4.98 Å². The summed E-state index contributed by atoms with van der Waals surface area (Å²) in [5.74, 6) is -79.1. The van der Waals surface area contributed by atoms with Crippen LogP contribution in [0.25, 0.3) is 0 Å². The van der Waals surface area contributed by atoms with Crippen LogP contribution in [-0.2, 0) is 16.0 Å². The number of carbonyl (C=O) groups excluding carboxylic acids is 1. The van der Waals surface area contributed by atoms with Gasteiger partial charge in [-0.25, -0.2) is 0 Å². The Hall–Kier alpha value is -2.85. The Balaban J connectivity index is 3.34. The van der Waals surface area contributed by atoms with E-state index in [9.17, 15) is 97.0 Å². The average molecular weight is 697 g/mol. The van der Waals surface area contributed by atoms with Gasteiger partial charge in [0.05, 0.1) is 13.0 Å². The van der Waals surface area contributed by atoms with Gasteiger partial charge < -0.3 is 4.74 Å². The number of alkyl halides is 21. The van der Waals surface area contributed by atoms with E-state index in [1.54, 1.807) is 0 Å². The first-order valence-corrected chi connectivity index (χ1v) is 10.7. The molecule has 256 valence electrons. The standard InChI is InChI=1S/C20H12F21NO2/c21-11(22,5-7-44-10(43)4-3-9-2-1-6-42-8-9)12(23,24)13(25,26)14(27,28)15(29,30)16(31,32)17(33,34)18(35,36)19(37,38)20(39,40)41/h1-2,6,8H,3-5,7H2. The zero-order chi connectivity index (χ0) is 35.2. The zero-order valence-corrected chi connectivity index (χ0v) is 20.3. The minimum Gasteiger partial charge on any atom is -0.465 e. The summed E-state index contributed by atoms with van der Waals surface area (Å²) < 4.78 is 284. The number of halogens is 21. The van der Waals surface area contributed by atoms with Crippen molar-refractivity contribution in [3.05, 3.63) is 30.1 Å². The second-order valence-electron chi connectivity index (χ2n) is 8.63. The first-order valence-electron chi connectivity index (χ1n) is 10.7. The summed E-state index contributed by atoms with van der Waals surface area (Å²) in [4.78, 5) is 15.1. The Labute approximate surface area is 229 Å². The Morgan fingerprint density at radius 1 is 0.591 bits per heavy atom. The van der Waals surface area contributed by atoms with Crippen molar-refractivity contribution < 1.29 is 102 Å². The molecule has 3 nitrogen and oxygen atoms in total. The Bertz CT molecular complexity index is 1150. The summed E-state index contributed by atoms with van der Waals surface area (Å²) >= 11 is 0. The second-order valence-corrected chi connectivity index (χ2v) is 8.63. The van der Waals surface area contributed by atoms with Crippen LogP contribution in [0.4, 0.5) is 92.2 Å². The highest BCUT2D eigenvalue weighted by molar-refractivity contribution is 5.69. The molecular weight excluding hydrogens is 685 g/mol. The lowest BCUT2D eigenvalue weighted by atomic mass is 9.86. The van der Waals surface area contributed by atoms with Crippen molar-refractivity contribution in [1.29, 1.82) is 0 Å². The molecule has 1 aromatic rings. The number of carbonyl (C=O) groups is 1. The van der Waals surface area contributed by atoms with Gasteiger partial charge in [0.15, 0.2) is 0 Å². The van der Waals surface area contributed by atoms with E-state index in [1.807, 2.05) is 0 Å². The van der Waals surface area contributed by atoms with E-state index in [-0.39, 0.29) is 12.0 Å². The Morgan fingerprint density at radius 2 is 0.977 bits per heavy atom. The topological polar surface area (TPSA) is 39.2 Å². The highest BCUT2D eigenvalue weighted by atomic mass is 19.4. The molecule has 0 amide bonds. The Kier molecular flexibility index (Phi) is 10.2. The third kappa shape index (κ3) is 5.91. The third-order valence-corrected chi connectivity index (χ3v) is 5.60. The van der Waals surface area contributed by atoms with Gasteiger partial charge in [-0.3, -0.25) is 9.78 Å². The van der Waals surface area contributed by atoms with Gasteiger partial charge in [0.25, 0.3) is 0 Å². The maximum atomic E-state index is 13.9. The van der Waals surface area contributed by atoms with Gasteiger partial charge in [0, 0.05) is 18.8 Å². The molecule has 1 rings (SSSR count). The molecule has 0 aliphatic rings. The lowest BCUT2D eigenvalue weighted by Gasteiger charge is -2.44. The van der Waals surface area contributed by atoms with E-state index < -0.39 is 84.9 Å². The van der Waals surface area contributed by atoms with Gasteiger partial charge in [-0.1, -0.05) is 6.07 Å². The normalized spacial score (nSPS) is 15.4. The number of aryl methyl sites for hydroxylation is 1. The van der Waals surface area contributed by atoms with Crippen molar-refractivity contribution >= 4 is 5.97 Å². The van der Waals surface area contributed by atoms with Crippen molar-refractivity contribution in [2.45, 2.75) is 78.7 Å². The first-order chi connectivity index (χ1) is 19.2. The highest BCUT2D eigenvalue weighted by Crippen LogP contribution is 2.66. The highest BCUT2D eigenvalue weighted by Gasteiger charge is 2.97. The van der Waals surface area contributed by atoms with Crippen molar-refractivity contribution in [3.63, 3.8) is 0 Å². The summed E-state index contributed by atoms with van der Waals surface area (Å²) in [7, 11) is 0. The number of hydrogen-bond donors (Lipinski definition) is 0. The first kappa shape index (κ1) is 39.2. The van der Waals surface area contributed by atoms with Gasteiger partial charge in [0.1, 0.15) is 0 Å². The molecular formula is C20H12F21NO2. The molecule has 0 atom stereocenters. The number of aromatic nitrogens is 1. The molecule has 0 saturated carbocycles. The van der Waals surface area contributed by atoms with Crippen molar-refractivity contribution in [3.8, 4) is 0 Å². The minimum atomic E-state index is -9.22. The molecule has 24 heteroatoms. The number of pyridine rings is 1. The minimum absolute atomic E-state index is 0.272. The summed E-state index contributed by atoms with van der Waals surface area (Å²) in [5.41, 5.74) is 0.284. The average Bonchev–Trinajstić information content (AvgIpc) is 2.86. The van der Waals surface area contributed by atoms with Crippen LogP contribution in [0, 0.1) is 0 Å². The van der Waals surface area contributed by atoms with Gasteiger partial charge >= 0.3 is 65.4 Å². The summed E-state index contributed by atoms with van der Waals surface area (Å²) in [6.45, 7) is -2.11. The van der Waals surface area contributed by atoms with Crippen molar-refractivity contribution in [2.24, 2.45) is 0 Å². The third-order valence-electron chi connectivity index (χ3n) is 5.60. The van der Waals surface area contributed by atoms with Crippen LogP contribution >= 0.6 is 0 Å². The molecule has 0 unspecified atom stereocenters. The number of nitrogens with zero attached hydrogens (tertiary/aromatic N) is 1. The molecule has 1 heterocycles. The molecule has 0 bridgehead atoms. The number of hydrogen-bond acceptors (Lipinski definition) is 3. The van der Waals surface area contributed by atoms with E-state index in [1.165, 1.54) is 18.3 Å². The summed E-state index contributed by atoms with van der Waals surface area (Å²) in [6, 6.07) is 2.68. The number of rotatable bonds is 14. The van der Waals surface area contributed by atoms with Gasteiger partial charge in [-0.2, -0.15) is 92.2 Å². The smallest absolute Gasteiger partial charge is 0.460 e. The molecule has 0 N–H and O–H groups in total. The zero-order valence-electron chi connectivity index (χ0n) is 20.3. The van der Waals surface area contributed by atoms with Gasteiger partial charge in [-0.15, -0.1) is 0 Å². The van der Waals surface area contributed by atoms with Crippen LogP contribution < -0.4 is 0 Å². The van der Waals surface area contributed by atoms with Crippen LogP contribution in [0.2, 0.25) is 0 Å². The molecule has 0 saturated heterocycles. The predicted octanol–water partition coefficient (Wildman–Crippen LogP) is 8.23. The van der Waals surface area contributed by atoms with Crippen LogP contribution in [0.3, 0.4) is 0 Å². The molecule has 0 radical (unpaired) electrons. The molecule has 0 spiro atoms. The SMILES string of the molecule is O=C(CCc1cccnc1)OCCC(F)(F)C(F)(F)C(F)(F)C(F)(F)C(F)(F)C(F)(F)C(F)(F)C(F)(F)C(F)(F)C(F)(F)F. The molecule has 0 fully saturated rings. The van der Waals surface area contributed by atoms with Gasteiger partial charge in [0.2, 0.25) is 0 Å². The fourth-order valence-electron chi connectivity index (χ4n) is 2.91.